The zero-order valence-corrected chi connectivity index (χ0v) is 14.9. The monoisotopic (exact) mass is 352 g/mol. The van der Waals surface area contributed by atoms with Crippen molar-refractivity contribution in [1.82, 2.24) is 5.32 Å². The van der Waals surface area contributed by atoms with Crippen LogP contribution in [0, 0.1) is 0 Å². The Morgan fingerprint density at radius 1 is 1.29 bits per heavy atom. The lowest BCUT2D eigenvalue weighted by Gasteiger charge is -2.23. The fraction of sp³-hybridized carbons (Fsp3) is 0.529. The zero-order chi connectivity index (χ0) is 17.2. The minimum Gasteiger partial charge on any atom is -0.462 e. The van der Waals surface area contributed by atoms with Crippen molar-refractivity contribution in [1.29, 1.82) is 0 Å². The molecule has 6 nitrogen and oxygen atoms in total. The second-order valence-corrected chi connectivity index (χ2v) is 6.05. The summed E-state index contributed by atoms with van der Waals surface area (Å²) >= 11 is 5.29. The van der Waals surface area contributed by atoms with Gasteiger partial charge in [0, 0.05) is 18.7 Å². The van der Waals surface area contributed by atoms with Gasteiger partial charge in [-0.2, -0.15) is 0 Å². The second-order valence-electron chi connectivity index (χ2n) is 5.64. The lowest BCUT2D eigenvalue weighted by molar-refractivity contribution is -0.908. The highest BCUT2D eigenvalue weighted by Crippen LogP contribution is 2.10. The molecule has 0 amide bonds. The van der Waals surface area contributed by atoms with Gasteiger partial charge in [-0.15, -0.1) is 0 Å². The van der Waals surface area contributed by atoms with Crippen molar-refractivity contribution in [3.63, 3.8) is 0 Å². The predicted molar refractivity (Wildman–Crippen MR) is 97.6 cm³/mol. The number of thiocarbonyl (C=S) groups is 1. The molecule has 0 unspecified atom stereocenters. The SMILES string of the molecule is CCOC(=O)c1ccc(NC(=S)NCCC[NH+]2CCOCC2)cc1. The van der Waals surface area contributed by atoms with E-state index in [2.05, 4.69) is 10.6 Å². The Balaban J connectivity index is 1.65. The number of rotatable bonds is 7. The lowest BCUT2D eigenvalue weighted by Crippen LogP contribution is -3.14. The molecule has 3 N–H and O–H groups in total. The largest absolute Gasteiger partial charge is 0.462 e. The van der Waals surface area contributed by atoms with E-state index in [1.807, 2.05) is 12.1 Å². The normalized spacial score (nSPS) is 14.9. The van der Waals surface area contributed by atoms with Crippen molar-refractivity contribution in [2.45, 2.75) is 13.3 Å². The van der Waals surface area contributed by atoms with E-state index in [0.717, 1.165) is 51.5 Å². The number of anilines is 1. The molecule has 1 fully saturated rings. The van der Waals surface area contributed by atoms with Gasteiger partial charge in [0.05, 0.1) is 31.9 Å². The van der Waals surface area contributed by atoms with Gasteiger partial charge < -0.3 is 25.0 Å². The van der Waals surface area contributed by atoms with Gasteiger partial charge in [0.15, 0.2) is 5.11 Å². The Bertz CT molecular complexity index is 530. The number of hydrogen-bond donors (Lipinski definition) is 3. The van der Waals surface area contributed by atoms with Crippen LogP contribution in [-0.4, -0.2) is 57.1 Å². The first-order valence-corrected chi connectivity index (χ1v) is 8.83. The van der Waals surface area contributed by atoms with E-state index in [9.17, 15) is 4.79 Å². The molecule has 0 radical (unpaired) electrons. The molecule has 1 aliphatic heterocycles. The summed E-state index contributed by atoms with van der Waals surface area (Å²) in [5.41, 5.74) is 1.38. The minimum absolute atomic E-state index is 0.310. The Hall–Kier alpha value is -1.70. The van der Waals surface area contributed by atoms with Gasteiger partial charge in [0.2, 0.25) is 0 Å². The summed E-state index contributed by atoms with van der Waals surface area (Å²) in [4.78, 5) is 13.2. The summed E-state index contributed by atoms with van der Waals surface area (Å²) in [5.74, 6) is -0.310. The maximum Gasteiger partial charge on any atom is 0.338 e. The summed E-state index contributed by atoms with van der Waals surface area (Å²) in [6.07, 6.45) is 1.07. The van der Waals surface area contributed by atoms with Crippen molar-refractivity contribution >= 4 is 29.0 Å². The van der Waals surface area contributed by atoms with Gasteiger partial charge in [-0.1, -0.05) is 0 Å². The fourth-order valence-electron chi connectivity index (χ4n) is 2.53. The highest BCUT2D eigenvalue weighted by molar-refractivity contribution is 7.80. The third-order valence-corrected chi connectivity index (χ3v) is 4.09. The van der Waals surface area contributed by atoms with Gasteiger partial charge in [0.25, 0.3) is 0 Å². The van der Waals surface area contributed by atoms with Crippen LogP contribution in [0.2, 0.25) is 0 Å². The predicted octanol–water partition coefficient (Wildman–Crippen LogP) is 0.455. The van der Waals surface area contributed by atoms with Gasteiger partial charge in [-0.3, -0.25) is 0 Å². The van der Waals surface area contributed by atoms with Gasteiger partial charge in [-0.05, 0) is 43.4 Å². The van der Waals surface area contributed by atoms with Crippen LogP contribution in [0.3, 0.4) is 0 Å². The summed E-state index contributed by atoms with van der Waals surface area (Å²) in [5, 5.41) is 6.93. The van der Waals surface area contributed by atoms with Crippen molar-refractivity contribution < 1.29 is 19.2 Å². The number of benzene rings is 1. The summed E-state index contributed by atoms with van der Waals surface area (Å²) in [6.45, 7) is 8.06. The van der Waals surface area contributed by atoms with E-state index in [1.165, 1.54) is 0 Å². The quantitative estimate of drug-likeness (QED) is 0.376. The van der Waals surface area contributed by atoms with E-state index < -0.39 is 0 Å². The average Bonchev–Trinajstić information content (AvgIpc) is 2.60. The van der Waals surface area contributed by atoms with Crippen molar-refractivity contribution in [3.05, 3.63) is 29.8 Å². The Labute approximate surface area is 148 Å². The van der Waals surface area contributed by atoms with Crippen molar-refractivity contribution in [2.24, 2.45) is 0 Å². The Kier molecular flexibility index (Phi) is 7.94. The molecule has 1 heterocycles. The molecular formula is C17H26N3O3S+. The third kappa shape index (κ3) is 6.43. The molecule has 0 saturated carbocycles. The highest BCUT2D eigenvalue weighted by atomic mass is 32.1. The molecule has 7 heteroatoms. The molecule has 0 spiro atoms. The molecule has 132 valence electrons. The molecule has 0 atom stereocenters. The van der Waals surface area contributed by atoms with Crippen LogP contribution in [0.15, 0.2) is 24.3 Å². The molecule has 1 aromatic carbocycles. The molecule has 1 aliphatic rings. The highest BCUT2D eigenvalue weighted by Gasteiger charge is 2.12. The molecular weight excluding hydrogens is 326 g/mol. The number of nitrogens with one attached hydrogen (secondary N) is 3. The van der Waals surface area contributed by atoms with E-state index in [1.54, 1.807) is 24.0 Å². The van der Waals surface area contributed by atoms with E-state index in [4.69, 9.17) is 21.7 Å². The van der Waals surface area contributed by atoms with Crippen LogP contribution >= 0.6 is 12.2 Å². The van der Waals surface area contributed by atoms with Crippen LogP contribution in [-0.2, 0) is 9.47 Å². The smallest absolute Gasteiger partial charge is 0.338 e. The first kappa shape index (κ1) is 18.6. The number of ether oxygens (including phenoxy) is 2. The first-order chi connectivity index (χ1) is 11.7. The zero-order valence-electron chi connectivity index (χ0n) is 14.1. The lowest BCUT2D eigenvalue weighted by atomic mass is 10.2. The van der Waals surface area contributed by atoms with Crippen LogP contribution in [0.4, 0.5) is 5.69 Å². The van der Waals surface area contributed by atoms with Crippen LogP contribution < -0.4 is 15.5 Å². The Morgan fingerprint density at radius 3 is 2.67 bits per heavy atom. The Morgan fingerprint density at radius 2 is 2.00 bits per heavy atom. The first-order valence-electron chi connectivity index (χ1n) is 8.42. The molecule has 24 heavy (non-hydrogen) atoms. The van der Waals surface area contributed by atoms with E-state index >= 15 is 0 Å². The third-order valence-electron chi connectivity index (χ3n) is 3.85. The number of carbonyl (C=O) groups excluding carboxylic acids is 1. The van der Waals surface area contributed by atoms with Crippen LogP contribution in [0.25, 0.3) is 0 Å². The van der Waals surface area contributed by atoms with Crippen LogP contribution in [0.5, 0.6) is 0 Å². The van der Waals surface area contributed by atoms with Gasteiger partial charge in [0.1, 0.15) is 13.1 Å². The van der Waals surface area contributed by atoms with Gasteiger partial charge >= 0.3 is 5.97 Å². The molecule has 0 aliphatic carbocycles. The molecule has 0 bridgehead atoms. The van der Waals surface area contributed by atoms with Crippen molar-refractivity contribution in [3.8, 4) is 0 Å². The fourth-order valence-corrected chi connectivity index (χ4v) is 2.75. The number of esters is 1. The maximum absolute atomic E-state index is 11.6. The summed E-state index contributed by atoms with van der Waals surface area (Å²) in [6, 6.07) is 7.09. The minimum atomic E-state index is -0.310. The van der Waals surface area contributed by atoms with Gasteiger partial charge in [-0.25, -0.2) is 4.79 Å². The molecule has 1 saturated heterocycles. The molecule has 2 rings (SSSR count). The van der Waals surface area contributed by atoms with Crippen molar-refractivity contribution in [2.75, 3.05) is 51.3 Å². The number of carbonyl (C=O) groups is 1. The molecule has 0 aromatic heterocycles. The standard InChI is InChI=1S/C17H25N3O3S/c1-2-23-16(21)14-4-6-15(7-5-14)19-17(24)18-8-3-9-20-10-12-22-13-11-20/h4-7H,2-3,8-13H2,1H3,(H2,18,19,24)/p+1. The number of quaternary nitrogens is 1. The average molecular weight is 352 g/mol. The molecule has 1 aromatic rings. The number of hydrogen-bond acceptors (Lipinski definition) is 4. The van der Waals surface area contributed by atoms with Crippen LogP contribution in [0.1, 0.15) is 23.7 Å². The summed E-state index contributed by atoms with van der Waals surface area (Å²) < 4.78 is 10.3. The number of morpholine rings is 1. The maximum atomic E-state index is 11.6. The second kappa shape index (κ2) is 10.2. The summed E-state index contributed by atoms with van der Waals surface area (Å²) in [7, 11) is 0. The topological polar surface area (TPSA) is 64.0 Å². The van der Waals surface area contributed by atoms with E-state index in [-0.39, 0.29) is 5.97 Å². The van der Waals surface area contributed by atoms with E-state index in [0.29, 0.717) is 17.3 Å².